The molecule has 1 atom stereocenters. The number of benzene rings is 2. The fraction of sp³-hybridized carbons (Fsp3) is 0.263. The molecule has 136 valence electrons. The van der Waals surface area contributed by atoms with Gasteiger partial charge < -0.3 is 14.4 Å². The van der Waals surface area contributed by atoms with Gasteiger partial charge in [-0.25, -0.2) is 4.79 Å². The summed E-state index contributed by atoms with van der Waals surface area (Å²) in [5.41, 5.74) is 0.632. The summed E-state index contributed by atoms with van der Waals surface area (Å²) in [7, 11) is 0. The third kappa shape index (κ3) is 4.18. The molecule has 1 aliphatic heterocycles. The van der Waals surface area contributed by atoms with Gasteiger partial charge in [0.25, 0.3) is 5.91 Å². The number of rotatable bonds is 4. The van der Waals surface area contributed by atoms with E-state index in [9.17, 15) is 9.59 Å². The van der Waals surface area contributed by atoms with Gasteiger partial charge in [-0.2, -0.15) is 0 Å². The molecule has 3 rings (SSSR count). The predicted octanol–water partition coefficient (Wildman–Crippen LogP) is 3.75. The second-order valence-corrected chi connectivity index (χ2v) is 6.54. The van der Waals surface area contributed by atoms with E-state index >= 15 is 0 Å². The van der Waals surface area contributed by atoms with Crippen LogP contribution in [0.4, 0.5) is 0 Å². The van der Waals surface area contributed by atoms with E-state index in [0.29, 0.717) is 31.9 Å². The SMILES string of the molecule is O=C(O[C@@H](C(=O)N1CCOCC1)c1ccccc1)c1c(Cl)cccc1Cl. The quantitative estimate of drug-likeness (QED) is 0.742. The first-order valence-corrected chi connectivity index (χ1v) is 8.90. The van der Waals surface area contributed by atoms with Gasteiger partial charge in [0.05, 0.1) is 28.8 Å². The van der Waals surface area contributed by atoms with Gasteiger partial charge in [-0.15, -0.1) is 0 Å². The van der Waals surface area contributed by atoms with E-state index in [4.69, 9.17) is 32.7 Å². The first-order chi connectivity index (χ1) is 12.6. The normalized spacial score (nSPS) is 15.4. The van der Waals surface area contributed by atoms with Crippen LogP contribution in [0.1, 0.15) is 22.0 Å². The van der Waals surface area contributed by atoms with Crippen molar-refractivity contribution < 1.29 is 19.1 Å². The average Bonchev–Trinajstić information content (AvgIpc) is 2.67. The summed E-state index contributed by atoms with van der Waals surface area (Å²) in [5.74, 6) is -1.04. The smallest absolute Gasteiger partial charge is 0.342 e. The van der Waals surface area contributed by atoms with Crippen LogP contribution in [0.2, 0.25) is 10.0 Å². The Hall–Kier alpha value is -2.08. The van der Waals surface area contributed by atoms with Crippen LogP contribution in [0.15, 0.2) is 48.5 Å². The third-order valence-corrected chi connectivity index (χ3v) is 4.67. The van der Waals surface area contributed by atoms with Gasteiger partial charge in [0.1, 0.15) is 0 Å². The Morgan fingerprint density at radius 2 is 1.58 bits per heavy atom. The highest BCUT2D eigenvalue weighted by atomic mass is 35.5. The summed E-state index contributed by atoms with van der Waals surface area (Å²) in [5, 5.41) is 0.348. The molecule has 0 N–H and O–H groups in total. The Bertz CT molecular complexity index is 771. The lowest BCUT2D eigenvalue weighted by molar-refractivity contribution is -0.145. The second-order valence-electron chi connectivity index (χ2n) is 5.73. The van der Waals surface area contributed by atoms with Crippen LogP contribution in [0.25, 0.3) is 0 Å². The molecular weight excluding hydrogens is 377 g/mol. The number of hydrogen-bond donors (Lipinski definition) is 0. The molecule has 1 fully saturated rings. The summed E-state index contributed by atoms with van der Waals surface area (Å²) in [6, 6.07) is 13.6. The second kappa shape index (κ2) is 8.54. The van der Waals surface area contributed by atoms with Gasteiger partial charge in [0.2, 0.25) is 6.10 Å². The zero-order valence-electron chi connectivity index (χ0n) is 13.9. The molecule has 1 aliphatic rings. The van der Waals surface area contributed by atoms with Crippen LogP contribution < -0.4 is 0 Å². The van der Waals surface area contributed by atoms with Gasteiger partial charge >= 0.3 is 5.97 Å². The van der Waals surface area contributed by atoms with E-state index in [0.717, 1.165) is 0 Å². The maximum atomic E-state index is 13.0. The van der Waals surface area contributed by atoms with Crippen LogP contribution in [0.3, 0.4) is 0 Å². The van der Waals surface area contributed by atoms with Crippen molar-refractivity contribution in [2.24, 2.45) is 0 Å². The van der Waals surface area contributed by atoms with E-state index in [1.807, 2.05) is 6.07 Å². The van der Waals surface area contributed by atoms with E-state index in [-0.39, 0.29) is 21.5 Å². The monoisotopic (exact) mass is 393 g/mol. The molecule has 0 saturated carbocycles. The number of ether oxygens (including phenoxy) is 2. The molecule has 0 aliphatic carbocycles. The molecule has 0 spiro atoms. The van der Waals surface area contributed by atoms with Gasteiger partial charge in [-0.05, 0) is 12.1 Å². The molecule has 2 aromatic carbocycles. The molecule has 1 amide bonds. The zero-order valence-corrected chi connectivity index (χ0v) is 15.4. The van der Waals surface area contributed by atoms with Crippen LogP contribution in [0, 0.1) is 0 Å². The number of carbonyl (C=O) groups is 2. The third-order valence-electron chi connectivity index (χ3n) is 4.04. The van der Waals surface area contributed by atoms with Crippen molar-refractivity contribution in [3.05, 3.63) is 69.7 Å². The lowest BCUT2D eigenvalue weighted by Crippen LogP contribution is -2.44. The number of halogens is 2. The summed E-state index contributed by atoms with van der Waals surface area (Å²) < 4.78 is 10.8. The van der Waals surface area contributed by atoms with E-state index in [1.54, 1.807) is 47.4 Å². The Morgan fingerprint density at radius 1 is 0.962 bits per heavy atom. The number of nitrogens with zero attached hydrogens (tertiary/aromatic N) is 1. The first-order valence-electron chi connectivity index (χ1n) is 8.14. The maximum Gasteiger partial charge on any atom is 0.342 e. The van der Waals surface area contributed by atoms with Crippen molar-refractivity contribution in [2.45, 2.75) is 6.10 Å². The minimum absolute atomic E-state index is 0.0477. The lowest BCUT2D eigenvalue weighted by atomic mass is 10.1. The van der Waals surface area contributed by atoms with Crippen molar-refractivity contribution in [1.29, 1.82) is 0 Å². The minimum Gasteiger partial charge on any atom is -0.444 e. The van der Waals surface area contributed by atoms with Crippen molar-refractivity contribution in [3.8, 4) is 0 Å². The molecule has 0 aromatic heterocycles. The van der Waals surface area contributed by atoms with Crippen molar-refractivity contribution >= 4 is 35.1 Å². The van der Waals surface area contributed by atoms with Gasteiger partial charge in [-0.1, -0.05) is 59.6 Å². The Morgan fingerprint density at radius 3 is 2.19 bits per heavy atom. The van der Waals surface area contributed by atoms with E-state index < -0.39 is 12.1 Å². The van der Waals surface area contributed by atoms with Crippen molar-refractivity contribution in [2.75, 3.05) is 26.3 Å². The van der Waals surface area contributed by atoms with E-state index in [2.05, 4.69) is 0 Å². The molecule has 7 heteroatoms. The van der Waals surface area contributed by atoms with Gasteiger partial charge in [0, 0.05) is 18.7 Å². The molecule has 0 unspecified atom stereocenters. The largest absolute Gasteiger partial charge is 0.444 e. The Labute approximate surface area is 161 Å². The molecule has 26 heavy (non-hydrogen) atoms. The number of carbonyl (C=O) groups excluding carboxylic acids is 2. The van der Waals surface area contributed by atoms with Gasteiger partial charge in [-0.3, -0.25) is 4.79 Å². The topological polar surface area (TPSA) is 55.8 Å². The molecule has 1 saturated heterocycles. The van der Waals surface area contributed by atoms with Gasteiger partial charge in [0.15, 0.2) is 0 Å². The zero-order chi connectivity index (χ0) is 18.5. The van der Waals surface area contributed by atoms with Crippen LogP contribution in [-0.2, 0) is 14.3 Å². The van der Waals surface area contributed by atoms with Crippen molar-refractivity contribution in [3.63, 3.8) is 0 Å². The fourth-order valence-electron chi connectivity index (χ4n) is 2.70. The Kier molecular flexibility index (Phi) is 6.14. The maximum absolute atomic E-state index is 13.0. The Balaban J connectivity index is 1.88. The summed E-state index contributed by atoms with van der Waals surface area (Å²) in [4.78, 5) is 27.3. The van der Waals surface area contributed by atoms with E-state index in [1.165, 1.54) is 0 Å². The number of morpholine rings is 1. The van der Waals surface area contributed by atoms with Crippen LogP contribution in [0.5, 0.6) is 0 Å². The number of amides is 1. The average molecular weight is 394 g/mol. The standard InChI is InChI=1S/C19H17Cl2NO4/c20-14-7-4-8-15(21)16(14)19(24)26-17(13-5-2-1-3-6-13)18(23)22-9-11-25-12-10-22/h1-8,17H,9-12H2/t17-/m1/s1. The number of esters is 1. The molecular formula is C19H17Cl2NO4. The highest BCUT2D eigenvalue weighted by Crippen LogP contribution is 2.28. The molecule has 5 nitrogen and oxygen atoms in total. The highest BCUT2D eigenvalue weighted by Gasteiger charge is 2.31. The summed E-state index contributed by atoms with van der Waals surface area (Å²) in [6.07, 6.45) is -1.07. The summed E-state index contributed by atoms with van der Waals surface area (Å²) >= 11 is 12.2. The molecule has 0 radical (unpaired) electrons. The molecule has 1 heterocycles. The predicted molar refractivity (Wildman–Crippen MR) is 98.5 cm³/mol. The highest BCUT2D eigenvalue weighted by molar-refractivity contribution is 6.39. The minimum atomic E-state index is -1.07. The van der Waals surface area contributed by atoms with Crippen LogP contribution in [-0.4, -0.2) is 43.1 Å². The lowest BCUT2D eigenvalue weighted by Gasteiger charge is -2.30. The first kappa shape index (κ1) is 18.7. The number of hydrogen-bond acceptors (Lipinski definition) is 4. The molecule has 0 bridgehead atoms. The fourth-order valence-corrected chi connectivity index (χ4v) is 3.25. The van der Waals surface area contributed by atoms with Crippen molar-refractivity contribution in [1.82, 2.24) is 4.90 Å². The summed E-state index contributed by atoms with van der Waals surface area (Å²) in [6.45, 7) is 1.81. The molecule has 2 aromatic rings. The van der Waals surface area contributed by atoms with Crippen LogP contribution >= 0.6 is 23.2 Å².